The van der Waals surface area contributed by atoms with E-state index in [0.29, 0.717) is 29.2 Å². The lowest BCUT2D eigenvalue weighted by atomic mass is 10.1. The molecule has 9 heteroatoms. The number of phenols is 1. The largest absolute Gasteiger partial charge is 0.502 e. The van der Waals surface area contributed by atoms with E-state index in [4.69, 9.17) is 14.2 Å². The second-order valence-corrected chi connectivity index (χ2v) is 7.22. The highest BCUT2D eigenvalue weighted by Gasteiger charge is 2.24. The van der Waals surface area contributed by atoms with Crippen LogP contribution in [-0.4, -0.2) is 50.1 Å². The van der Waals surface area contributed by atoms with Crippen molar-refractivity contribution in [3.05, 3.63) is 66.2 Å². The fourth-order valence-electron chi connectivity index (χ4n) is 3.42. The SMILES string of the molecule is COc1ccc([C@H](O)[C@H](C)Oc2c(Cn3cnc4cccnc43)ccc(OC)c2O)cn1. The lowest BCUT2D eigenvalue weighted by Crippen LogP contribution is -2.22. The number of rotatable bonds is 8. The molecular weight excluding hydrogens is 412 g/mol. The van der Waals surface area contributed by atoms with E-state index in [1.165, 1.54) is 20.4 Å². The number of aliphatic hydroxyl groups is 1. The summed E-state index contributed by atoms with van der Waals surface area (Å²) in [4.78, 5) is 12.9. The van der Waals surface area contributed by atoms with Gasteiger partial charge in [-0.05, 0) is 37.3 Å². The van der Waals surface area contributed by atoms with Crippen molar-refractivity contribution < 1.29 is 24.4 Å². The molecule has 0 unspecified atom stereocenters. The lowest BCUT2D eigenvalue weighted by Gasteiger charge is -2.23. The average molecular weight is 436 g/mol. The number of hydrogen-bond acceptors (Lipinski definition) is 8. The Morgan fingerprint density at radius 1 is 1.03 bits per heavy atom. The molecule has 9 nitrogen and oxygen atoms in total. The van der Waals surface area contributed by atoms with Crippen molar-refractivity contribution in [1.82, 2.24) is 19.5 Å². The quantitative estimate of drug-likeness (QED) is 0.433. The molecule has 0 saturated heterocycles. The molecule has 0 saturated carbocycles. The zero-order chi connectivity index (χ0) is 22.7. The van der Waals surface area contributed by atoms with Gasteiger partial charge in [0.1, 0.15) is 17.7 Å². The summed E-state index contributed by atoms with van der Waals surface area (Å²) in [5, 5.41) is 21.6. The molecule has 0 aliphatic heterocycles. The van der Waals surface area contributed by atoms with Crippen molar-refractivity contribution in [1.29, 1.82) is 0 Å². The van der Waals surface area contributed by atoms with E-state index in [2.05, 4.69) is 15.0 Å². The number of methoxy groups -OCH3 is 2. The fraction of sp³-hybridized carbons (Fsp3) is 0.261. The summed E-state index contributed by atoms with van der Waals surface area (Å²) >= 11 is 0. The van der Waals surface area contributed by atoms with E-state index in [1.807, 2.05) is 16.7 Å². The first-order chi connectivity index (χ1) is 15.5. The third-order valence-corrected chi connectivity index (χ3v) is 5.17. The molecule has 3 heterocycles. The third-order valence-electron chi connectivity index (χ3n) is 5.17. The average Bonchev–Trinajstić information content (AvgIpc) is 3.23. The molecule has 0 amide bonds. The first-order valence-electron chi connectivity index (χ1n) is 10.0. The van der Waals surface area contributed by atoms with Gasteiger partial charge < -0.3 is 29.0 Å². The summed E-state index contributed by atoms with van der Waals surface area (Å²) in [6, 6.07) is 10.5. The second-order valence-electron chi connectivity index (χ2n) is 7.22. The Labute approximate surface area is 184 Å². The van der Waals surface area contributed by atoms with Gasteiger partial charge in [0.25, 0.3) is 0 Å². The fourth-order valence-corrected chi connectivity index (χ4v) is 3.42. The van der Waals surface area contributed by atoms with Gasteiger partial charge in [-0.1, -0.05) is 0 Å². The Hall–Kier alpha value is -3.85. The van der Waals surface area contributed by atoms with E-state index in [9.17, 15) is 10.2 Å². The van der Waals surface area contributed by atoms with Crippen LogP contribution in [0.2, 0.25) is 0 Å². The zero-order valence-corrected chi connectivity index (χ0v) is 18.0. The van der Waals surface area contributed by atoms with Gasteiger partial charge >= 0.3 is 0 Å². The molecule has 0 bridgehead atoms. The summed E-state index contributed by atoms with van der Waals surface area (Å²) in [5.74, 6) is 0.790. The van der Waals surface area contributed by atoms with Gasteiger partial charge in [-0.15, -0.1) is 0 Å². The molecule has 32 heavy (non-hydrogen) atoms. The van der Waals surface area contributed by atoms with Gasteiger partial charge in [0.05, 0.1) is 27.1 Å². The van der Waals surface area contributed by atoms with Crippen LogP contribution >= 0.6 is 0 Å². The van der Waals surface area contributed by atoms with Gasteiger partial charge in [-0.3, -0.25) is 0 Å². The topological polar surface area (TPSA) is 112 Å². The number of phenolic OH excluding ortho intramolecular Hbond substituents is 1. The summed E-state index contributed by atoms with van der Waals surface area (Å²) < 4.78 is 18.2. The zero-order valence-electron chi connectivity index (χ0n) is 18.0. The van der Waals surface area contributed by atoms with Crippen LogP contribution in [0.15, 0.2) is 55.1 Å². The standard InChI is InChI=1S/C23H24N4O5/c1-14(20(28)15-7-9-19(31-3)25-11-15)32-22-16(6-8-18(30-2)21(22)29)12-27-13-26-17-5-4-10-24-23(17)27/h4-11,13-14,20,28-29H,12H2,1-3H3/t14-,20+/m0/s1. The number of ether oxygens (including phenoxy) is 3. The minimum Gasteiger partial charge on any atom is -0.502 e. The Balaban J connectivity index is 1.64. The predicted octanol–water partition coefficient (Wildman–Crippen LogP) is 3.10. The number of pyridine rings is 2. The van der Waals surface area contributed by atoms with Crippen LogP contribution in [0.5, 0.6) is 23.1 Å². The summed E-state index contributed by atoms with van der Waals surface area (Å²) in [6.45, 7) is 2.07. The molecule has 4 rings (SSSR count). The van der Waals surface area contributed by atoms with Crippen LogP contribution < -0.4 is 14.2 Å². The maximum Gasteiger partial charge on any atom is 0.212 e. The van der Waals surface area contributed by atoms with E-state index in [-0.39, 0.29) is 17.2 Å². The smallest absolute Gasteiger partial charge is 0.212 e. The van der Waals surface area contributed by atoms with E-state index in [0.717, 1.165) is 5.52 Å². The van der Waals surface area contributed by atoms with Crippen LogP contribution in [-0.2, 0) is 6.54 Å². The highest BCUT2D eigenvalue weighted by atomic mass is 16.5. The number of imidazole rings is 1. The maximum atomic E-state index is 10.8. The van der Waals surface area contributed by atoms with E-state index >= 15 is 0 Å². The van der Waals surface area contributed by atoms with E-state index in [1.54, 1.807) is 43.7 Å². The van der Waals surface area contributed by atoms with Gasteiger partial charge in [-0.2, -0.15) is 0 Å². The number of aromatic hydroxyl groups is 1. The summed E-state index contributed by atoms with van der Waals surface area (Å²) in [6.07, 6.45) is 3.23. The van der Waals surface area contributed by atoms with Crippen molar-refractivity contribution in [3.63, 3.8) is 0 Å². The Morgan fingerprint density at radius 2 is 1.88 bits per heavy atom. The van der Waals surface area contributed by atoms with Gasteiger partial charge in [0.15, 0.2) is 17.1 Å². The number of hydrogen-bond donors (Lipinski definition) is 2. The molecule has 0 spiro atoms. The van der Waals surface area contributed by atoms with Crippen molar-refractivity contribution in [2.75, 3.05) is 14.2 Å². The van der Waals surface area contributed by atoms with Crippen molar-refractivity contribution in [2.45, 2.75) is 25.7 Å². The van der Waals surface area contributed by atoms with Crippen LogP contribution in [0.4, 0.5) is 0 Å². The molecule has 0 fully saturated rings. The van der Waals surface area contributed by atoms with Crippen LogP contribution in [0.1, 0.15) is 24.2 Å². The van der Waals surface area contributed by atoms with Crippen LogP contribution in [0, 0.1) is 0 Å². The molecule has 1 aromatic carbocycles. The summed E-state index contributed by atoms with van der Waals surface area (Å²) in [5.41, 5.74) is 2.72. The monoisotopic (exact) mass is 436 g/mol. The second kappa shape index (κ2) is 9.11. The Bertz CT molecular complexity index is 1210. The number of aromatic nitrogens is 4. The number of benzene rings is 1. The molecule has 0 aliphatic rings. The van der Waals surface area contributed by atoms with Gasteiger partial charge in [-0.25, -0.2) is 15.0 Å². The lowest BCUT2D eigenvalue weighted by molar-refractivity contribution is 0.0440. The van der Waals surface area contributed by atoms with Gasteiger partial charge in [0, 0.05) is 29.6 Å². The number of nitrogens with zero attached hydrogens (tertiary/aromatic N) is 4. The Kier molecular flexibility index (Phi) is 6.09. The number of fused-ring (bicyclic) bond motifs is 1. The van der Waals surface area contributed by atoms with Crippen molar-refractivity contribution >= 4 is 11.2 Å². The summed E-state index contributed by atoms with van der Waals surface area (Å²) in [7, 11) is 2.99. The van der Waals surface area contributed by atoms with Crippen molar-refractivity contribution in [3.8, 4) is 23.1 Å². The highest BCUT2D eigenvalue weighted by molar-refractivity contribution is 5.70. The molecule has 166 valence electrons. The Morgan fingerprint density at radius 3 is 2.59 bits per heavy atom. The number of aliphatic hydroxyl groups excluding tert-OH is 1. The highest BCUT2D eigenvalue weighted by Crippen LogP contribution is 2.41. The molecule has 3 aromatic heterocycles. The van der Waals surface area contributed by atoms with Gasteiger partial charge in [0.2, 0.25) is 11.6 Å². The molecular formula is C23H24N4O5. The van der Waals surface area contributed by atoms with Crippen LogP contribution in [0.3, 0.4) is 0 Å². The molecule has 2 N–H and O–H groups in total. The molecule has 0 radical (unpaired) electrons. The van der Waals surface area contributed by atoms with Crippen LogP contribution in [0.25, 0.3) is 11.2 Å². The predicted molar refractivity (Wildman–Crippen MR) is 117 cm³/mol. The first-order valence-corrected chi connectivity index (χ1v) is 10.0. The maximum absolute atomic E-state index is 10.8. The normalized spacial score (nSPS) is 13.0. The molecule has 0 aliphatic carbocycles. The van der Waals surface area contributed by atoms with Crippen molar-refractivity contribution in [2.24, 2.45) is 0 Å². The first kappa shape index (κ1) is 21.4. The minimum atomic E-state index is -0.984. The molecule has 4 aromatic rings. The third kappa shape index (κ3) is 4.15. The minimum absolute atomic E-state index is 0.144. The molecule has 2 atom stereocenters. The van der Waals surface area contributed by atoms with E-state index < -0.39 is 12.2 Å².